The second-order valence-electron chi connectivity index (χ2n) is 37.2. The summed E-state index contributed by atoms with van der Waals surface area (Å²) in [5.74, 6) is 3.53. The van der Waals surface area contributed by atoms with Gasteiger partial charge in [-0.1, -0.05) is 187 Å². The van der Waals surface area contributed by atoms with E-state index in [1.807, 2.05) is 0 Å². The second kappa shape index (κ2) is 25.4. The Labute approximate surface area is 564 Å². The van der Waals surface area contributed by atoms with Gasteiger partial charge in [-0.15, -0.1) is 0 Å². The highest BCUT2D eigenvalue weighted by Crippen LogP contribution is 2.67. The Kier molecular flexibility index (Phi) is 18.8. The Hall–Kier alpha value is -4.00. The number of ketones is 1. The quantitative estimate of drug-likeness (QED) is 0.106. The Bertz CT molecular complexity index is 3070. The van der Waals surface area contributed by atoms with Crippen LogP contribution in [0.1, 0.15) is 278 Å². The molecule has 0 aromatic rings. The van der Waals surface area contributed by atoms with Crippen molar-refractivity contribution in [3.05, 3.63) is 93.2 Å². The van der Waals surface area contributed by atoms with E-state index in [1.165, 1.54) is 44.6 Å². The molecule has 93 heavy (non-hydrogen) atoms. The van der Waals surface area contributed by atoms with Gasteiger partial charge in [0, 0.05) is 11.8 Å². The second-order valence-corrected chi connectivity index (χ2v) is 37.2. The number of Topliss-reactive ketones (excluding diaryl/α,β-unsaturated/α-hetero) is 1. The Morgan fingerprint density at radius 2 is 0.925 bits per heavy atom. The molecule has 0 spiro atoms. The van der Waals surface area contributed by atoms with Gasteiger partial charge in [0.05, 0.1) is 21.7 Å². The first-order chi connectivity index (χ1) is 43.9. The molecule has 16 unspecified atom stereocenters. The molecule has 12 aliphatic carbocycles. The van der Waals surface area contributed by atoms with Crippen LogP contribution in [0.15, 0.2) is 93.2 Å². The Morgan fingerprint density at radius 1 is 0.462 bits per heavy atom. The van der Waals surface area contributed by atoms with Crippen molar-refractivity contribution in [2.45, 2.75) is 278 Å². The van der Waals surface area contributed by atoms with Crippen LogP contribution in [0.3, 0.4) is 0 Å². The first-order valence-electron chi connectivity index (χ1n) is 38.6. The average molecular weight is 1270 g/mol. The summed E-state index contributed by atoms with van der Waals surface area (Å²) in [4.78, 5) is 64.2. The molecule has 0 aliphatic heterocycles. The predicted molar refractivity (Wildman–Crippen MR) is 377 cm³/mol. The van der Waals surface area contributed by atoms with Gasteiger partial charge in [-0.25, -0.2) is 0 Å². The van der Waals surface area contributed by atoms with Gasteiger partial charge < -0.3 is 14.2 Å². The zero-order valence-electron chi connectivity index (χ0n) is 61.4. The molecule has 0 radical (unpaired) electrons. The number of carbonyl (C=O) groups excluding carboxylic acids is 4. The molecule has 512 valence electrons. The molecule has 4 saturated carbocycles. The lowest BCUT2D eigenvalue weighted by Gasteiger charge is -2.58. The van der Waals surface area contributed by atoms with Crippen molar-refractivity contribution in [3.63, 3.8) is 0 Å². The molecule has 0 amide bonds. The number of esters is 3. The van der Waals surface area contributed by atoms with E-state index in [-0.39, 0.29) is 102 Å². The predicted octanol–water partition coefficient (Wildman–Crippen LogP) is 21.5. The minimum atomic E-state index is -1.21. The number of hydrogen-bond donors (Lipinski definition) is 0. The lowest BCUT2D eigenvalue weighted by Crippen LogP contribution is -2.55. The normalized spacial score (nSPS) is 40.9. The molecule has 0 saturated heterocycles. The van der Waals surface area contributed by atoms with Crippen molar-refractivity contribution in [1.82, 2.24) is 0 Å². The van der Waals surface area contributed by atoms with E-state index < -0.39 is 27.1 Å². The van der Waals surface area contributed by atoms with Crippen LogP contribution in [0.25, 0.3) is 0 Å². The number of hydrogen-bond acceptors (Lipinski definition) is 7. The summed E-state index contributed by atoms with van der Waals surface area (Å²) in [5.41, 5.74) is 7.36. The fraction of sp³-hybridized carbons (Fsp3) is 0.767. The SMILES string of the molecule is CC(C)C1=CC2=CCC3(C)CCCC(C)(C(=O)CCC(COC(=O)C4(C)CCCC5CC=C6C=C(C(C)C)CCC6(C)C54)(COC(=O)C4(C)CCCC5(C)C6CCC(C(C)C)=CC6=CCC45)COC(=O)C4(C)CCCC5(C)C6CCC(C(C)C)=CC6=CCC45)C3C2CC1. The van der Waals surface area contributed by atoms with Crippen molar-refractivity contribution in [2.24, 2.45) is 120 Å². The summed E-state index contributed by atoms with van der Waals surface area (Å²) < 4.78 is 21.4. The zero-order chi connectivity index (χ0) is 66.6. The lowest BCUT2D eigenvalue weighted by atomic mass is 9.46. The van der Waals surface area contributed by atoms with Gasteiger partial charge in [0.1, 0.15) is 25.6 Å². The lowest BCUT2D eigenvalue weighted by molar-refractivity contribution is -0.188. The molecule has 12 aliphatic rings. The first-order valence-corrected chi connectivity index (χ1v) is 38.6. The van der Waals surface area contributed by atoms with E-state index in [0.717, 1.165) is 154 Å². The highest BCUT2D eigenvalue weighted by molar-refractivity contribution is 5.85. The molecule has 12 rings (SSSR count). The monoisotopic (exact) mass is 1270 g/mol. The molecule has 0 aromatic heterocycles. The molecule has 0 aromatic carbocycles. The summed E-state index contributed by atoms with van der Waals surface area (Å²) in [6, 6.07) is 0. The fourth-order valence-electron chi connectivity index (χ4n) is 24.6. The third-order valence-corrected chi connectivity index (χ3v) is 30.4. The molecule has 4 fully saturated rings. The van der Waals surface area contributed by atoms with Crippen LogP contribution < -0.4 is 0 Å². The van der Waals surface area contributed by atoms with Gasteiger partial charge >= 0.3 is 17.9 Å². The van der Waals surface area contributed by atoms with Crippen LogP contribution >= 0.6 is 0 Å². The molecular weight excluding hydrogens is 1140 g/mol. The molecule has 16 atom stereocenters. The zero-order valence-corrected chi connectivity index (χ0v) is 61.4. The van der Waals surface area contributed by atoms with Crippen molar-refractivity contribution in [3.8, 4) is 0 Å². The number of carbonyl (C=O) groups is 4. The smallest absolute Gasteiger partial charge is 0.312 e. The maximum Gasteiger partial charge on any atom is 0.312 e. The van der Waals surface area contributed by atoms with Crippen molar-refractivity contribution in [2.75, 3.05) is 19.8 Å². The average Bonchev–Trinajstić information content (AvgIpc) is 0.747. The highest BCUT2D eigenvalue weighted by atomic mass is 16.6. The first kappa shape index (κ1) is 68.9. The molecule has 0 bridgehead atoms. The van der Waals surface area contributed by atoms with Crippen LogP contribution in [0.5, 0.6) is 0 Å². The van der Waals surface area contributed by atoms with Gasteiger partial charge in [0.15, 0.2) is 0 Å². The molecule has 0 N–H and O–H groups in total. The van der Waals surface area contributed by atoms with E-state index in [4.69, 9.17) is 14.2 Å². The number of rotatable bonds is 17. The van der Waals surface area contributed by atoms with Crippen molar-refractivity contribution >= 4 is 23.7 Å². The van der Waals surface area contributed by atoms with Gasteiger partial charge in [-0.3, -0.25) is 19.2 Å². The van der Waals surface area contributed by atoms with E-state index in [9.17, 15) is 0 Å². The molecule has 7 nitrogen and oxygen atoms in total. The van der Waals surface area contributed by atoms with Crippen LogP contribution in [-0.4, -0.2) is 43.5 Å². The topological polar surface area (TPSA) is 96.0 Å². The standard InChI is InChI=1S/C86H126O7/c1-54(2)59-23-29-67-63(47-59)34-44-78(9)37-18-43-84(15,74(67)78)72(87)36-46-86(51-91-75(88)82(13)41-19-39-80(11)68-30-24-60(55(3)4)48-64(68)26-32-70(80)82,52-92-76(89)83(14)42-20-40-81(12)69-31-25-61(56(5)6)49-65(69)27-33-71(81)83)53-93-77(90)85(16)38-17-21-58-22-28-66-50-62(57(7)8)35-45-79(66,10)73(58)85/h26-28,34,47-50,54-58,67-71,73-74H,17-25,29-33,35-46,51-53H2,1-16H3. The summed E-state index contributed by atoms with van der Waals surface area (Å²) in [6.07, 6.45) is 43.8. The largest absolute Gasteiger partial charge is 0.464 e. The van der Waals surface area contributed by atoms with Crippen LogP contribution in [0.4, 0.5) is 0 Å². The number of ether oxygens (including phenoxy) is 3. The minimum Gasteiger partial charge on any atom is -0.464 e. The van der Waals surface area contributed by atoms with Crippen LogP contribution in [-0.2, 0) is 33.4 Å². The number of fused-ring (bicyclic) bond motifs is 12. The fourth-order valence-corrected chi connectivity index (χ4v) is 24.6. The minimum absolute atomic E-state index is 0.00640. The highest BCUT2D eigenvalue weighted by Gasteiger charge is 2.63. The van der Waals surface area contributed by atoms with E-state index in [0.29, 0.717) is 47.3 Å². The Morgan fingerprint density at radius 3 is 1.45 bits per heavy atom. The van der Waals surface area contributed by atoms with Crippen molar-refractivity contribution in [1.29, 1.82) is 0 Å². The summed E-state index contributed by atoms with van der Waals surface area (Å²) in [6.45, 7) is 36.9. The van der Waals surface area contributed by atoms with Gasteiger partial charge in [0.25, 0.3) is 0 Å². The van der Waals surface area contributed by atoms with Gasteiger partial charge in [-0.2, -0.15) is 0 Å². The maximum atomic E-state index is 16.3. The van der Waals surface area contributed by atoms with Crippen LogP contribution in [0, 0.1) is 120 Å². The van der Waals surface area contributed by atoms with E-state index in [2.05, 4.69) is 159 Å². The van der Waals surface area contributed by atoms with E-state index in [1.54, 1.807) is 0 Å². The Balaban J connectivity index is 0.911. The number of allylic oxidation sites excluding steroid dienone is 16. The third kappa shape index (κ3) is 11.8. The summed E-state index contributed by atoms with van der Waals surface area (Å²) in [7, 11) is 0. The third-order valence-electron chi connectivity index (χ3n) is 30.4. The van der Waals surface area contributed by atoms with Crippen LogP contribution in [0.2, 0.25) is 0 Å². The van der Waals surface area contributed by atoms with E-state index >= 15 is 19.2 Å². The molecule has 0 heterocycles. The summed E-state index contributed by atoms with van der Waals surface area (Å²) >= 11 is 0. The summed E-state index contributed by atoms with van der Waals surface area (Å²) in [5, 5.41) is 0. The van der Waals surface area contributed by atoms with Gasteiger partial charge in [0.2, 0.25) is 0 Å². The molecule has 7 heteroatoms. The van der Waals surface area contributed by atoms with Gasteiger partial charge in [-0.05, 0) is 271 Å². The maximum absolute atomic E-state index is 16.3. The molecular formula is C86H126O7. The van der Waals surface area contributed by atoms with Crippen molar-refractivity contribution < 1.29 is 33.4 Å².